The number of halogens is 1. The molecule has 0 fully saturated rings. The average Bonchev–Trinajstić information content (AvgIpc) is 2.76. The second-order valence-electron chi connectivity index (χ2n) is 5.03. The van der Waals surface area contributed by atoms with Crippen LogP contribution in [0, 0.1) is 19.7 Å². The molecule has 0 spiro atoms. The number of nitrogens with one attached hydrogen (secondary N) is 1. The minimum Gasteiger partial charge on any atom is -0.445 e. The van der Waals surface area contributed by atoms with E-state index in [-0.39, 0.29) is 23.3 Å². The van der Waals surface area contributed by atoms with Crippen molar-refractivity contribution >= 4 is 11.6 Å². The van der Waals surface area contributed by atoms with Gasteiger partial charge in [-0.05, 0) is 37.6 Å². The molecule has 1 heterocycles. The topological polar surface area (TPSA) is 55.1 Å². The summed E-state index contributed by atoms with van der Waals surface area (Å²) in [4.78, 5) is 16.3. The van der Waals surface area contributed by atoms with Gasteiger partial charge in [-0.15, -0.1) is 0 Å². The van der Waals surface area contributed by atoms with Gasteiger partial charge in [-0.1, -0.05) is 13.8 Å². The molecule has 1 aromatic carbocycles. The number of rotatable bonds is 3. The van der Waals surface area contributed by atoms with E-state index in [0.717, 1.165) is 0 Å². The van der Waals surface area contributed by atoms with Gasteiger partial charge in [0.05, 0.1) is 0 Å². The van der Waals surface area contributed by atoms with Gasteiger partial charge in [-0.25, -0.2) is 9.37 Å². The second-order valence-corrected chi connectivity index (χ2v) is 5.03. The van der Waals surface area contributed by atoms with Crippen molar-refractivity contribution in [3.63, 3.8) is 0 Å². The van der Waals surface area contributed by atoms with Crippen LogP contribution in [0.4, 0.5) is 10.1 Å². The zero-order chi connectivity index (χ0) is 14.9. The molecule has 0 unspecified atom stereocenters. The summed E-state index contributed by atoms with van der Waals surface area (Å²) in [5.41, 5.74) is 1.26. The van der Waals surface area contributed by atoms with E-state index < -0.39 is 0 Å². The van der Waals surface area contributed by atoms with Crippen LogP contribution in [0.1, 0.15) is 47.5 Å². The molecule has 4 nitrogen and oxygen atoms in total. The standard InChI is InChI=1S/C15H17FN2O2/c1-8(2)15-18-13(10(4)20-15)14(19)17-11-5-6-12(16)9(3)7-11/h5-8H,1-4H3,(H,17,19). The predicted molar refractivity (Wildman–Crippen MR) is 74.4 cm³/mol. The molecule has 0 aliphatic heterocycles. The van der Waals surface area contributed by atoms with E-state index in [1.807, 2.05) is 13.8 Å². The summed E-state index contributed by atoms with van der Waals surface area (Å²) in [5.74, 6) is 0.461. The van der Waals surface area contributed by atoms with Gasteiger partial charge < -0.3 is 9.73 Å². The number of aromatic nitrogens is 1. The van der Waals surface area contributed by atoms with Crippen LogP contribution in [-0.4, -0.2) is 10.9 Å². The normalized spacial score (nSPS) is 10.9. The van der Waals surface area contributed by atoms with E-state index in [0.29, 0.717) is 22.9 Å². The summed E-state index contributed by atoms with van der Waals surface area (Å²) in [6.45, 7) is 7.22. The van der Waals surface area contributed by atoms with Gasteiger partial charge in [0.1, 0.15) is 11.6 Å². The van der Waals surface area contributed by atoms with Gasteiger partial charge in [0.25, 0.3) is 5.91 Å². The lowest BCUT2D eigenvalue weighted by molar-refractivity contribution is 0.102. The van der Waals surface area contributed by atoms with Gasteiger partial charge in [0, 0.05) is 11.6 Å². The van der Waals surface area contributed by atoms with Crippen molar-refractivity contribution in [3.8, 4) is 0 Å². The fourth-order valence-electron chi connectivity index (χ4n) is 1.79. The number of aryl methyl sites for hydroxylation is 2. The van der Waals surface area contributed by atoms with Crippen molar-refractivity contribution in [1.82, 2.24) is 4.98 Å². The minimum atomic E-state index is -0.357. The molecule has 0 aliphatic rings. The number of hydrogen-bond donors (Lipinski definition) is 1. The number of nitrogens with zero attached hydrogens (tertiary/aromatic N) is 1. The first kappa shape index (κ1) is 14.2. The summed E-state index contributed by atoms with van der Waals surface area (Å²) < 4.78 is 18.6. The van der Waals surface area contributed by atoms with Crippen molar-refractivity contribution in [1.29, 1.82) is 0 Å². The number of carbonyl (C=O) groups excluding carboxylic acids is 1. The van der Waals surface area contributed by atoms with Gasteiger partial charge in [-0.2, -0.15) is 0 Å². The van der Waals surface area contributed by atoms with Crippen LogP contribution in [-0.2, 0) is 0 Å². The molecule has 0 saturated heterocycles. The quantitative estimate of drug-likeness (QED) is 0.927. The number of carbonyl (C=O) groups is 1. The second kappa shape index (κ2) is 5.45. The third-order valence-corrected chi connectivity index (χ3v) is 2.94. The maximum atomic E-state index is 13.2. The van der Waals surface area contributed by atoms with E-state index in [2.05, 4.69) is 10.3 Å². The Balaban J connectivity index is 2.21. The molecule has 0 saturated carbocycles. The van der Waals surface area contributed by atoms with Crippen molar-refractivity contribution in [2.24, 2.45) is 0 Å². The molecule has 5 heteroatoms. The van der Waals surface area contributed by atoms with Gasteiger partial charge in [-0.3, -0.25) is 4.79 Å². The third-order valence-electron chi connectivity index (χ3n) is 2.94. The number of amides is 1. The van der Waals surface area contributed by atoms with Crippen molar-refractivity contribution in [2.45, 2.75) is 33.6 Å². The third kappa shape index (κ3) is 2.87. The molecule has 0 aliphatic carbocycles. The highest BCUT2D eigenvalue weighted by molar-refractivity contribution is 6.03. The van der Waals surface area contributed by atoms with Crippen LogP contribution in [0.2, 0.25) is 0 Å². The largest absolute Gasteiger partial charge is 0.445 e. The van der Waals surface area contributed by atoms with Crippen molar-refractivity contribution in [3.05, 3.63) is 46.9 Å². The lowest BCUT2D eigenvalue weighted by Crippen LogP contribution is -2.14. The van der Waals surface area contributed by atoms with Crippen LogP contribution in [0.3, 0.4) is 0 Å². The highest BCUT2D eigenvalue weighted by Gasteiger charge is 2.18. The van der Waals surface area contributed by atoms with Crippen LogP contribution < -0.4 is 5.32 Å². The summed E-state index contributed by atoms with van der Waals surface area (Å²) in [6.07, 6.45) is 0. The molecule has 1 aromatic heterocycles. The van der Waals surface area contributed by atoms with Gasteiger partial charge in [0.2, 0.25) is 0 Å². The summed E-state index contributed by atoms with van der Waals surface area (Å²) >= 11 is 0. The van der Waals surface area contributed by atoms with Crippen molar-refractivity contribution in [2.75, 3.05) is 5.32 Å². The highest BCUT2D eigenvalue weighted by atomic mass is 19.1. The van der Waals surface area contributed by atoms with Crippen molar-refractivity contribution < 1.29 is 13.6 Å². The Labute approximate surface area is 117 Å². The predicted octanol–water partition coefficient (Wildman–Crippen LogP) is 3.81. The first-order valence-electron chi connectivity index (χ1n) is 6.43. The number of hydrogen-bond acceptors (Lipinski definition) is 3. The number of anilines is 1. The SMILES string of the molecule is Cc1cc(NC(=O)c2nc(C(C)C)oc2C)ccc1F. The molecule has 0 radical (unpaired) electrons. The monoisotopic (exact) mass is 276 g/mol. The first-order valence-corrected chi connectivity index (χ1v) is 6.43. The van der Waals surface area contributed by atoms with Crippen LogP contribution >= 0.6 is 0 Å². The van der Waals surface area contributed by atoms with E-state index in [9.17, 15) is 9.18 Å². The fourth-order valence-corrected chi connectivity index (χ4v) is 1.79. The Hall–Kier alpha value is -2.17. The Bertz CT molecular complexity index is 647. The van der Waals surface area contributed by atoms with Gasteiger partial charge >= 0.3 is 0 Å². The lowest BCUT2D eigenvalue weighted by Gasteiger charge is -2.05. The van der Waals surface area contributed by atoms with E-state index >= 15 is 0 Å². The Morgan fingerprint density at radius 3 is 2.60 bits per heavy atom. The van der Waals surface area contributed by atoms with Gasteiger partial charge in [0.15, 0.2) is 11.6 Å². The molecule has 20 heavy (non-hydrogen) atoms. The molecular weight excluding hydrogens is 259 g/mol. The van der Waals surface area contributed by atoms with E-state index in [4.69, 9.17) is 4.42 Å². The molecule has 0 atom stereocenters. The molecule has 2 rings (SSSR count). The molecule has 1 N–H and O–H groups in total. The fraction of sp³-hybridized carbons (Fsp3) is 0.333. The smallest absolute Gasteiger partial charge is 0.277 e. The van der Waals surface area contributed by atoms with Crippen LogP contribution in [0.15, 0.2) is 22.6 Å². The highest BCUT2D eigenvalue weighted by Crippen LogP contribution is 2.19. The zero-order valence-corrected chi connectivity index (χ0v) is 12.0. The number of oxazole rings is 1. The number of benzene rings is 1. The Kier molecular flexibility index (Phi) is 3.88. The lowest BCUT2D eigenvalue weighted by atomic mass is 10.2. The van der Waals surface area contributed by atoms with E-state index in [1.165, 1.54) is 12.1 Å². The minimum absolute atomic E-state index is 0.114. The van der Waals surface area contributed by atoms with Crippen LogP contribution in [0.5, 0.6) is 0 Å². The molecule has 2 aromatic rings. The van der Waals surface area contributed by atoms with Crippen LogP contribution in [0.25, 0.3) is 0 Å². The Morgan fingerprint density at radius 1 is 1.35 bits per heavy atom. The molecule has 1 amide bonds. The molecular formula is C15H17FN2O2. The van der Waals surface area contributed by atoms with E-state index in [1.54, 1.807) is 19.9 Å². The maximum absolute atomic E-state index is 13.2. The molecule has 0 bridgehead atoms. The maximum Gasteiger partial charge on any atom is 0.277 e. The molecule has 106 valence electrons. The average molecular weight is 276 g/mol. The summed E-state index contributed by atoms with van der Waals surface area (Å²) in [7, 11) is 0. The Morgan fingerprint density at radius 2 is 2.05 bits per heavy atom. The first-order chi connectivity index (χ1) is 9.38. The summed E-state index contributed by atoms with van der Waals surface area (Å²) in [5, 5.41) is 2.69. The zero-order valence-electron chi connectivity index (χ0n) is 12.0. The summed E-state index contributed by atoms with van der Waals surface area (Å²) in [6, 6.07) is 4.41.